The second kappa shape index (κ2) is 11.3. The van der Waals surface area contributed by atoms with Crippen LogP contribution in [0.15, 0.2) is 24.3 Å². The maximum Gasteiger partial charge on any atom is 0.260 e. The van der Waals surface area contributed by atoms with E-state index in [1.807, 2.05) is 0 Å². The van der Waals surface area contributed by atoms with Crippen molar-refractivity contribution in [3.8, 4) is 5.75 Å². The Bertz CT molecular complexity index is 677. The van der Waals surface area contributed by atoms with Gasteiger partial charge in [0.15, 0.2) is 6.61 Å². The highest BCUT2D eigenvalue weighted by molar-refractivity contribution is 5.97. The number of hydrogen-bond acceptors (Lipinski definition) is 5. The van der Waals surface area contributed by atoms with Gasteiger partial charge in [-0.25, -0.2) is 0 Å². The van der Waals surface area contributed by atoms with Crippen LogP contribution in [0.1, 0.15) is 51.9 Å². The molecule has 30 heavy (non-hydrogen) atoms. The van der Waals surface area contributed by atoms with Gasteiger partial charge >= 0.3 is 0 Å². The first-order valence-corrected chi connectivity index (χ1v) is 11.2. The minimum Gasteiger partial charge on any atom is -0.484 e. The number of ether oxygens (including phenoxy) is 3. The zero-order valence-electron chi connectivity index (χ0n) is 18.0. The van der Waals surface area contributed by atoms with E-state index in [4.69, 9.17) is 14.2 Å². The lowest BCUT2D eigenvalue weighted by atomic mass is 9.92. The number of benzene rings is 1. The fourth-order valence-corrected chi connectivity index (χ4v) is 3.96. The molecule has 1 heterocycles. The lowest BCUT2D eigenvalue weighted by Crippen LogP contribution is -2.45. The van der Waals surface area contributed by atoms with Crippen molar-refractivity contribution >= 4 is 17.5 Å². The highest BCUT2D eigenvalue weighted by Gasteiger charge is 2.39. The molecule has 0 unspecified atom stereocenters. The smallest absolute Gasteiger partial charge is 0.260 e. The molecule has 1 aliphatic heterocycles. The van der Waals surface area contributed by atoms with Crippen molar-refractivity contribution in [2.24, 2.45) is 0 Å². The third-order valence-electron chi connectivity index (χ3n) is 5.75. The quantitative estimate of drug-likeness (QED) is 0.655. The first-order valence-electron chi connectivity index (χ1n) is 11.2. The van der Waals surface area contributed by atoms with Crippen molar-refractivity contribution in [2.75, 3.05) is 44.8 Å². The topological polar surface area (TPSA) is 77.1 Å². The van der Waals surface area contributed by atoms with Gasteiger partial charge in [-0.1, -0.05) is 32.6 Å². The second-order valence-electron chi connectivity index (χ2n) is 8.02. The summed E-state index contributed by atoms with van der Waals surface area (Å²) >= 11 is 0. The van der Waals surface area contributed by atoms with Gasteiger partial charge in [0.05, 0.1) is 13.2 Å². The van der Waals surface area contributed by atoms with Gasteiger partial charge in [0.25, 0.3) is 11.8 Å². The summed E-state index contributed by atoms with van der Waals surface area (Å²) in [5, 5.41) is 3.02. The maximum absolute atomic E-state index is 13.1. The van der Waals surface area contributed by atoms with Crippen LogP contribution in [0, 0.1) is 0 Å². The van der Waals surface area contributed by atoms with Crippen molar-refractivity contribution in [1.29, 1.82) is 0 Å². The molecule has 7 nitrogen and oxygen atoms in total. The molecule has 3 rings (SSSR count). The van der Waals surface area contributed by atoms with Crippen LogP contribution in [-0.2, 0) is 19.1 Å². The van der Waals surface area contributed by atoms with E-state index in [1.165, 1.54) is 0 Å². The first kappa shape index (κ1) is 22.6. The van der Waals surface area contributed by atoms with E-state index < -0.39 is 5.60 Å². The fourth-order valence-electron chi connectivity index (χ4n) is 3.96. The largest absolute Gasteiger partial charge is 0.484 e. The molecule has 0 radical (unpaired) electrons. The average Bonchev–Trinajstić information content (AvgIpc) is 3.04. The van der Waals surface area contributed by atoms with E-state index in [9.17, 15) is 9.59 Å². The van der Waals surface area contributed by atoms with Crippen LogP contribution in [0.25, 0.3) is 0 Å². The molecule has 1 aliphatic carbocycles. The molecule has 0 aromatic heterocycles. The van der Waals surface area contributed by atoms with Gasteiger partial charge in [-0.3, -0.25) is 9.59 Å². The van der Waals surface area contributed by atoms with Crippen LogP contribution in [0.5, 0.6) is 5.75 Å². The molecule has 7 heteroatoms. The van der Waals surface area contributed by atoms with E-state index in [-0.39, 0.29) is 18.4 Å². The van der Waals surface area contributed by atoms with E-state index in [1.54, 1.807) is 29.2 Å². The Balaban J connectivity index is 1.54. The Morgan fingerprint density at radius 3 is 2.37 bits per heavy atom. The van der Waals surface area contributed by atoms with Crippen LogP contribution in [0.2, 0.25) is 0 Å². The number of amides is 2. The molecule has 1 saturated heterocycles. The minimum atomic E-state index is -0.730. The normalized spacial score (nSPS) is 19.0. The Labute approximate surface area is 179 Å². The van der Waals surface area contributed by atoms with Crippen molar-refractivity contribution in [3.63, 3.8) is 0 Å². The van der Waals surface area contributed by atoms with Crippen LogP contribution in [0.4, 0.5) is 5.69 Å². The van der Waals surface area contributed by atoms with Crippen LogP contribution in [0.3, 0.4) is 0 Å². The number of rotatable bonds is 8. The summed E-state index contributed by atoms with van der Waals surface area (Å²) in [5.41, 5.74) is -0.0257. The van der Waals surface area contributed by atoms with Gasteiger partial charge in [0.2, 0.25) is 0 Å². The molecular weight excluding hydrogens is 384 g/mol. The standard InChI is InChI=1S/C23H34N2O5/c1-2-15-30-23(11-5-3-4-6-12-23)22(27)24-19-7-9-20(10-8-19)29-18-21(26)25-13-16-28-17-14-25/h7-10H,2-6,11-18H2,1H3,(H,24,27). The zero-order valence-corrected chi connectivity index (χ0v) is 18.0. The molecule has 0 atom stereocenters. The Kier molecular flexibility index (Phi) is 8.51. The highest BCUT2D eigenvalue weighted by Crippen LogP contribution is 2.32. The molecule has 0 spiro atoms. The fraction of sp³-hybridized carbons (Fsp3) is 0.652. The Morgan fingerprint density at radius 2 is 1.73 bits per heavy atom. The molecule has 1 saturated carbocycles. The number of hydrogen-bond donors (Lipinski definition) is 1. The summed E-state index contributed by atoms with van der Waals surface area (Å²) in [6, 6.07) is 7.15. The number of nitrogens with zero attached hydrogens (tertiary/aromatic N) is 1. The molecular formula is C23H34N2O5. The molecule has 0 bridgehead atoms. The molecule has 2 fully saturated rings. The summed E-state index contributed by atoms with van der Waals surface area (Å²) in [5.74, 6) is 0.495. The Hall–Kier alpha value is -2.12. The SMILES string of the molecule is CCCOC1(C(=O)Nc2ccc(OCC(=O)N3CCOCC3)cc2)CCCCCC1. The molecule has 2 aliphatic rings. The predicted octanol–water partition coefficient (Wildman–Crippen LogP) is 3.38. The third-order valence-corrected chi connectivity index (χ3v) is 5.75. The lowest BCUT2D eigenvalue weighted by molar-refractivity contribution is -0.143. The number of nitrogens with one attached hydrogen (secondary N) is 1. The van der Waals surface area contributed by atoms with E-state index in [0.29, 0.717) is 44.3 Å². The number of anilines is 1. The number of carbonyl (C=O) groups excluding carboxylic acids is 2. The minimum absolute atomic E-state index is 0.000323. The highest BCUT2D eigenvalue weighted by atomic mass is 16.5. The van der Waals surface area contributed by atoms with Crippen LogP contribution < -0.4 is 10.1 Å². The Morgan fingerprint density at radius 1 is 1.07 bits per heavy atom. The van der Waals surface area contributed by atoms with Crippen LogP contribution >= 0.6 is 0 Å². The number of morpholine rings is 1. The van der Waals surface area contributed by atoms with Crippen LogP contribution in [-0.4, -0.2) is 61.8 Å². The summed E-state index contributed by atoms with van der Waals surface area (Å²) in [7, 11) is 0. The van der Waals surface area contributed by atoms with Gasteiger partial charge in [0.1, 0.15) is 11.4 Å². The summed E-state index contributed by atoms with van der Waals surface area (Å²) in [4.78, 5) is 27.0. The van der Waals surface area contributed by atoms with Gasteiger partial charge in [0, 0.05) is 25.4 Å². The van der Waals surface area contributed by atoms with Gasteiger partial charge < -0.3 is 24.4 Å². The predicted molar refractivity (Wildman–Crippen MR) is 115 cm³/mol. The van der Waals surface area contributed by atoms with Crippen molar-refractivity contribution < 1.29 is 23.8 Å². The van der Waals surface area contributed by atoms with Crippen molar-refractivity contribution in [1.82, 2.24) is 4.90 Å². The summed E-state index contributed by atoms with van der Waals surface area (Å²) < 4.78 is 17.0. The van der Waals surface area contributed by atoms with Crippen molar-refractivity contribution in [2.45, 2.75) is 57.5 Å². The third kappa shape index (κ3) is 6.19. The maximum atomic E-state index is 13.1. The number of carbonyl (C=O) groups is 2. The zero-order chi connectivity index (χ0) is 21.2. The van der Waals surface area contributed by atoms with Gasteiger partial charge in [-0.05, 0) is 43.5 Å². The average molecular weight is 419 g/mol. The summed E-state index contributed by atoms with van der Waals surface area (Å²) in [6.07, 6.45) is 6.76. The van der Waals surface area contributed by atoms with Gasteiger partial charge in [-0.15, -0.1) is 0 Å². The van der Waals surface area contributed by atoms with E-state index in [2.05, 4.69) is 12.2 Å². The van der Waals surface area contributed by atoms with Gasteiger partial charge in [-0.2, -0.15) is 0 Å². The van der Waals surface area contributed by atoms with Crippen molar-refractivity contribution in [3.05, 3.63) is 24.3 Å². The molecule has 166 valence electrons. The lowest BCUT2D eigenvalue weighted by Gasteiger charge is -2.31. The molecule has 1 N–H and O–H groups in total. The molecule has 1 aromatic rings. The van der Waals surface area contributed by atoms with E-state index in [0.717, 1.165) is 44.9 Å². The first-order chi connectivity index (χ1) is 14.6. The second-order valence-corrected chi connectivity index (χ2v) is 8.02. The monoisotopic (exact) mass is 418 g/mol. The van der Waals surface area contributed by atoms with E-state index >= 15 is 0 Å². The molecule has 1 aromatic carbocycles. The molecule has 2 amide bonds. The summed E-state index contributed by atoms with van der Waals surface area (Å²) in [6.45, 7) is 5.01.